The van der Waals surface area contributed by atoms with Crippen molar-refractivity contribution < 1.29 is 9.59 Å². The average Bonchev–Trinajstić information content (AvgIpc) is 2.86. The summed E-state index contributed by atoms with van der Waals surface area (Å²) in [5.41, 5.74) is 3.67. The lowest BCUT2D eigenvalue weighted by Gasteiger charge is -2.09. The lowest BCUT2D eigenvalue weighted by atomic mass is 9.99. The number of likely N-dealkylation sites (N-methyl/N-ethyl adjacent to an activating group) is 1. The Balaban J connectivity index is 2.25. The van der Waals surface area contributed by atoms with E-state index in [2.05, 4.69) is 5.10 Å². The fourth-order valence-electron chi connectivity index (χ4n) is 2.08. The van der Waals surface area contributed by atoms with Gasteiger partial charge >= 0.3 is 0 Å². The van der Waals surface area contributed by atoms with E-state index >= 15 is 0 Å². The lowest BCUT2D eigenvalue weighted by molar-refractivity contribution is -0.129. The summed E-state index contributed by atoms with van der Waals surface area (Å²) in [6.07, 6.45) is 3.58. The molecule has 0 fully saturated rings. The Labute approximate surface area is 124 Å². The maximum Gasteiger partial charge on any atom is 0.243 e. The van der Waals surface area contributed by atoms with Gasteiger partial charge < -0.3 is 4.90 Å². The first-order chi connectivity index (χ1) is 9.88. The van der Waals surface area contributed by atoms with E-state index in [4.69, 9.17) is 0 Å². The Morgan fingerprint density at radius 2 is 2.00 bits per heavy atom. The topological polar surface area (TPSA) is 55.2 Å². The van der Waals surface area contributed by atoms with E-state index in [0.717, 1.165) is 16.7 Å². The van der Waals surface area contributed by atoms with Gasteiger partial charge in [-0.3, -0.25) is 14.3 Å². The fraction of sp³-hybridized carbons (Fsp3) is 0.312. The summed E-state index contributed by atoms with van der Waals surface area (Å²) in [5, 5.41) is 4.22. The molecule has 2 rings (SSSR count). The first kappa shape index (κ1) is 15.0. The molecular formula is C16H19N3O2. The molecule has 0 spiro atoms. The van der Waals surface area contributed by atoms with E-state index in [-0.39, 0.29) is 18.2 Å². The van der Waals surface area contributed by atoms with Gasteiger partial charge in [0.05, 0.1) is 6.20 Å². The molecular weight excluding hydrogens is 266 g/mol. The minimum Gasteiger partial charge on any atom is -0.347 e. The first-order valence-corrected chi connectivity index (χ1v) is 6.73. The highest BCUT2D eigenvalue weighted by molar-refractivity contribution is 5.95. The molecule has 1 heterocycles. The quantitative estimate of drug-likeness (QED) is 0.809. The number of rotatable bonds is 4. The number of carbonyl (C=O) groups excluding carboxylic acids is 2. The van der Waals surface area contributed by atoms with Gasteiger partial charge in [0, 0.05) is 31.4 Å². The summed E-state index contributed by atoms with van der Waals surface area (Å²) in [6, 6.07) is 5.61. The van der Waals surface area contributed by atoms with Crippen LogP contribution in [0.1, 0.15) is 22.8 Å². The molecule has 0 unspecified atom stereocenters. The summed E-state index contributed by atoms with van der Waals surface area (Å²) in [5.74, 6) is 0.0465. The molecule has 5 heteroatoms. The number of benzene rings is 1. The SMILES string of the molecule is CC(=O)c1ccc(-c2cnn(CC(=O)N(C)C)c2)c(C)c1. The van der Waals surface area contributed by atoms with Crippen molar-refractivity contribution in [3.63, 3.8) is 0 Å². The summed E-state index contributed by atoms with van der Waals surface area (Å²) in [4.78, 5) is 24.6. The Morgan fingerprint density at radius 3 is 2.57 bits per heavy atom. The second kappa shape index (κ2) is 5.91. The number of Topliss-reactive ketones (excluding diaryl/α,β-unsaturated/α-hetero) is 1. The number of carbonyl (C=O) groups is 2. The Morgan fingerprint density at radius 1 is 1.29 bits per heavy atom. The molecule has 0 atom stereocenters. The van der Waals surface area contributed by atoms with Crippen molar-refractivity contribution in [2.45, 2.75) is 20.4 Å². The Hall–Kier alpha value is -2.43. The van der Waals surface area contributed by atoms with Crippen LogP contribution < -0.4 is 0 Å². The van der Waals surface area contributed by atoms with Gasteiger partial charge in [-0.15, -0.1) is 0 Å². The highest BCUT2D eigenvalue weighted by Gasteiger charge is 2.10. The van der Waals surface area contributed by atoms with Crippen LogP contribution in [-0.4, -0.2) is 40.5 Å². The first-order valence-electron chi connectivity index (χ1n) is 6.73. The van der Waals surface area contributed by atoms with Crippen molar-refractivity contribution in [3.8, 4) is 11.1 Å². The van der Waals surface area contributed by atoms with Crippen LogP contribution in [0.4, 0.5) is 0 Å². The second-order valence-corrected chi connectivity index (χ2v) is 5.30. The smallest absolute Gasteiger partial charge is 0.243 e. The third-order valence-electron chi connectivity index (χ3n) is 3.37. The van der Waals surface area contributed by atoms with Gasteiger partial charge in [0.1, 0.15) is 6.54 Å². The number of hydrogen-bond acceptors (Lipinski definition) is 3. The van der Waals surface area contributed by atoms with Crippen LogP contribution >= 0.6 is 0 Å². The molecule has 1 amide bonds. The van der Waals surface area contributed by atoms with Crippen LogP contribution in [0.25, 0.3) is 11.1 Å². The Bertz CT molecular complexity index is 687. The van der Waals surface area contributed by atoms with Gasteiger partial charge in [-0.2, -0.15) is 5.10 Å². The minimum absolute atomic E-state index is 0.00620. The van der Waals surface area contributed by atoms with Gasteiger partial charge in [-0.1, -0.05) is 12.1 Å². The summed E-state index contributed by atoms with van der Waals surface area (Å²) < 4.78 is 1.62. The second-order valence-electron chi connectivity index (χ2n) is 5.30. The van der Waals surface area contributed by atoms with Crippen LogP contribution in [0.5, 0.6) is 0 Å². The monoisotopic (exact) mass is 285 g/mol. The molecule has 2 aromatic rings. The zero-order valence-corrected chi connectivity index (χ0v) is 12.8. The number of ketones is 1. The van der Waals surface area contributed by atoms with Gasteiger partial charge in [-0.05, 0) is 31.0 Å². The predicted molar refractivity (Wildman–Crippen MR) is 81.1 cm³/mol. The molecule has 21 heavy (non-hydrogen) atoms. The zero-order chi connectivity index (χ0) is 15.6. The van der Waals surface area contributed by atoms with Gasteiger partial charge in [0.2, 0.25) is 5.91 Å². The number of aryl methyl sites for hydroxylation is 1. The maximum atomic E-state index is 11.7. The molecule has 0 aliphatic rings. The fourth-order valence-corrected chi connectivity index (χ4v) is 2.08. The van der Waals surface area contributed by atoms with Crippen molar-refractivity contribution in [3.05, 3.63) is 41.7 Å². The standard InChI is InChI=1S/C16H19N3O2/c1-11-7-13(12(2)20)5-6-15(11)14-8-17-19(9-14)10-16(21)18(3)4/h5-9H,10H2,1-4H3. The van der Waals surface area contributed by atoms with E-state index in [9.17, 15) is 9.59 Å². The highest BCUT2D eigenvalue weighted by atomic mass is 16.2. The van der Waals surface area contributed by atoms with Crippen LogP contribution in [0.2, 0.25) is 0 Å². The summed E-state index contributed by atoms with van der Waals surface area (Å²) >= 11 is 0. The van der Waals surface area contributed by atoms with Crippen molar-refractivity contribution in [1.82, 2.24) is 14.7 Å². The van der Waals surface area contributed by atoms with E-state index in [0.29, 0.717) is 5.56 Å². The molecule has 0 bridgehead atoms. The summed E-state index contributed by atoms with van der Waals surface area (Å²) in [7, 11) is 3.44. The van der Waals surface area contributed by atoms with Crippen molar-refractivity contribution >= 4 is 11.7 Å². The molecule has 1 aromatic heterocycles. The van der Waals surface area contributed by atoms with Crippen molar-refractivity contribution in [2.24, 2.45) is 0 Å². The average molecular weight is 285 g/mol. The van der Waals surface area contributed by atoms with Crippen LogP contribution in [0.15, 0.2) is 30.6 Å². The molecule has 0 saturated heterocycles. The van der Waals surface area contributed by atoms with E-state index in [1.807, 2.05) is 31.3 Å². The van der Waals surface area contributed by atoms with Crippen LogP contribution in [0.3, 0.4) is 0 Å². The molecule has 0 aliphatic carbocycles. The molecule has 1 aromatic carbocycles. The molecule has 0 N–H and O–H groups in total. The van der Waals surface area contributed by atoms with E-state index in [1.165, 1.54) is 4.90 Å². The van der Waals surface area contributed by atoms with E-state index in [1.54, 1.807) is 31.9 Å². The molecule has 0 saturated carbocycles. The molecule has 5 nitrogen and oxygen atoms in total. The molecule has 110 valence electrons. The number of amides is 1. The zero-order valence-electron chi connectivity index (χ0n) is 12.8. The molecule has 0 aliphatic heterocycles. The highest BCUT2D eigenvalue weighted by Crippen LogP contribution is 2.24. The number of aromatic nitrogens is 2. The Kier molecular flexibility index (Phi) is 4.21. The maximum absolute atomic E-state index is 11.7. The largest absolute Gasteiger partial charge is 0.347 e. The van der Waals surface area contributed by atoms with E-state index < -0.39 is 0 Å². The van der Waals surface area contributed by atoms with Gasteiger partial charge in [0.15, 0.2) is 5.78 Å². The third-order valence-corrected chi connectivity index (χ3v) is 3.37. The van der Waals surface area contributed by atoms with Crippen LogP contribution in [-0.2, 0) is 11.3 Å². The van der Waals surface area contributed by atoms with Crippen molar-refractivity contribution in [1.29, 1.82) is 0 Å². The third kappa shape index (κ3) is 3.37. The number of nitrogens with zero attached hydrogens (tertiary/aromatic N) is 3. The lowest BCUT2D eigenvalue weighted by Crippen LogP contribution is -2.26. The van der Waals surface area contributed by atoms with Crippen LogP contribution in [0, 0.1) is 6.92 Å². The summed E-state index contributed by atoms with van der Waals surface area (Å²) in [6.45, 7) is 3.74. The van der Waals surface area contributed by atoms with Gasteiger partial charge in [0.25, 0.3) is 0 Å². The normalized spacial score (nSPS) is 10.5. The van der Waals surface area contributed by atoms with Crippen molar-refractivity contribution in [2.75, 3.05) is 14.1 Å². The minimum atomic E-state index is -0.00620. The predicted octanol–water partition coefficient (Wildman–Crippen LogP) is 2.15. The number of hydrogen-bond donors (Lipinski definition) is 0. The molecule has 0 radical (unpaired) electrons. The van der Waals surface area contributed by atoms with Gasteiger partial charge in [-0.25, -0.2) is 0 Å².